The van der Waals surface area contributed by atoms with Gasteiger partial charge in [-0.15, -0.1) is 24.0 Å². The molecule has 27 heavy (non-hydrogen) atoms. The fourth-order valence-electron chi connectivity index (χ4n) is 2.52. The van der Waals surface area contributed by atoms with Crippen molar-refractivity contribution in [1.29, 1.82) is 0 Å². The zero-order chi connectivity index (χ0) is 18.9. The number of hydrogen-bond donors (Lipinski definition) is 2. The number of ether oxygens (including phenoxy) is 2. The van der Waals surface area contributed by atoms with Crippen LogP contribution in [0.25, 0.3) is 0 Å². The van der Waals surface area contributed by atoms with Gasteiger partial charge in [0.15, 0.2) is 17.5 Å². The minimum absolute atomic E-state index is 0. The molecule has 0 unspecified atom stereocenters. The van der Waals surface area contributed by atoms with E-state index in [1.807, 2.05) is 36.5 Å². The zero-order valence-electron chi connectivity index (χ0n) is 16.2. The lowest BCUT2D eigenvalue weighted by molar-refractivity contribution is 0.355. The molecule has 1 aromatic heterocycles. The Hall–Kier alpha value is -2.23. The Morgan fingerprint density at radius 2 is 1.81 bits per heavy atom. The highest BCUT2D eigenvalue weighted by Crippen LogP contribution is 2.29. The Labute approximate surface area is 178 Å². The van der Waals surface area contributed by atoms with Crippen LogP contribution in [0.1, 0.15) is 19.4 Å². The van der Waals surface area contributed by atoms with Crippen LogP contribution in [0.2, 0.25) is 0 Å². The fraction of sp³-hybridized carbons (Fsp3) is 0.368. The SMILES string of the molecule is CCN(CC)c1ccc(CN=C(N)Nc2ccc(OC)c(OC)c2)cn1.I. The van der Waals surface area contributed by atoms with Crippen molar-refractivity contribution in [2.24, 2.45) is 10.7 Å². The molecule has 3 N–H and O–H groups in total. The molecule has 0 atom stereocenters. The summed E-state index contributed by atoms with van der Waals surface area (Å²) in [7, 11) is 3.19. The number of pyridine rings is 1. The number of nitrogens with zero attached hydrogens (tertiary/aromatic N) is 3. The summed E-state index contributed by atoms with van der Waals surface area (Å²) in [5.41, 5.74) is 7.75. The summed E-state index contributed by atoms with van der Waals surface area (Å²) in [5.74, 6) is 2.58. The summed E-state index contributed by atoms with van der Waals surface area (Å²) in [6, 6.07) is 9.50. The van der Waals surface area contributed by atoms with E-state index in [0.717, 1.165) is 30.2 Å². The Morgan fingerprint density at radius 3 is 2.37 bits per heavy atom. The molecule has 0 radical (unpaired) electrons. The first-order valence-corrected chi connectivity index (χ1v) is 8.60. The molecule has 7 nitrogen and oxygen atoms in total. The second-order valence-electron chi connectivity index (χ2n) is 5.59. The second-order valence-corrected chi connectivity index (χ2v) is 5.59. The van der Waals surface area contributed by atoms with Crippen LogP contribution in [0.3, 0.4) is 0 Å². The fourth-order valence-corrected chi connectivity index (χ4v) is 2.52. The number of anilines is 2. The van der Waals surface area contributed by atoms with E-state index in [9.17, 15) is 0 Å². The lowest BCUT2D eigenvalue weighted by Gasteiger charge is -2.19. The summed E-state index contributed by atoms with van der Waals surface area (Å²) in [5, 5.41) is 3.05. The van der Waals surface area contributed by atoms with Crippen LogP contribution in [0.4, 0.5) is 11.5 Å². The number of nitrogens with one attached hydrogen (secondary N) is 1. The first-order valence-electron chi connectivity index (χ1n) is 8.60. The van der Waals surface area contributed by atoms with E-state index in [2.05, 4.69) is 34.0 Å². The lowest BCUT2D eigenvalue weighted by Crippen LogP contribution is -2.23. The number of halogens is 1. The average molecular weight is 485 g/mol. The smallest absolute Gasteiger partial charge is 0.193 e. The van der Waals surface area contributed by atoms with Crippen molar-refractivity contribution in [1.82, 2.24) is 4.98 Å². The topological polar surface area (TPSA) is 85.0 Å². The largest absolute Gasteiger partial charge is 0.493 e. The third kappa shape index (κ3) is 6.46. The highest BCUT2D eigenvalue weighted by atomic mass is 127. The van der Waals surface area contributed by atoms with E-state index in [1.54, 1.807) is 14.2 Å². The molecule has 1 aromatic carbocycles. The Balaban J connectivity index is 0.00000364. The van der Waals surface area contributed by atoms with Crippen molar-refractivity contribution in [3.05, 3.63) is 42.1 Å². The van der Waals surface area contributed by atoms with Crippen LogP contribution in [0, 0.1) is 0 Å². The van der Waals surface area contributed by atoms with E-state index in [0.29, 0.717) is 24.0 Å². The maximum Gasteiger partial charge on any atom is 0.193 e. The monoisotopic (exact) mass is 485 g/mol. The highest BCUT2D eigenvalue weighted by Gasteiger charge is 2.06. The van der Waals surface area contributed by atoms with Gasteiger partial charge in [-0.25, -0.2) is 9.98 Å². The molecule has 2 rings (SSSR count). The van der Waals surface area contributed by atoms with E-state index in [-0.39, 0.29) is 24.0 Å². The van der Waals surface area contributed by atoms with Crippen molar-refractivity contribution in [3.63, 3.8) is 0 Å². The van der Waals surface area contributed by atoms with E-state index >= 15 is 0 Å². The van der Waals surface area contributed by atoms with Gasteiger partial charge in [-0.05, 0) is 37.6 Å². The normalized spacial score (nSPS) is 10.7. The first-order chi connectivity index (χ1) is 12.6. The summed E-state index contributed by atoms with van der Waals surface area (Å²) in [6.45, 7) is 6.55. The minimum Gasteiger partial charge on any atom is -0.493 e. The Bertz CT molecular complexity index is 733. The predicted molar refractivity (Wildman–Crippen MR) is 122 cm³/mol. The van der Waals surface area contributed by atoms with Gasteiger partial charge < -0.3 is 25.4 Å². The van der Waals surface area contributed by atoms with Crippen molar-refractivity contribution in [3.8, 4) is 11.5 Å². The van der Waals surface area contributed by atoms with E-state index < -0.39 is 0 Å². The van der Waals surface area contributed by atoms with Crippen LogP contribution in [0.5, 0.6) is 11.5 Å². The maximum atomic E-state index is 5.98. The molecule has 0 saturated heterocycles. The van der Waals surface area contributed by atoms with Gasteiger partial charge in [0, 0.05) is 31.0 Å². The molecule has 0 fully saturated rings. The first kappa shape index (κ1) is 22.8. The molecule has 0 spiro atoms. The van der Waals surface area contributed by atoms with E-state index in [4.69, 9.17) is 15.2 Å². The number of nitrogens with two attached hydrogens (primary N) is 1. The van der Waals surface area contributed by atoms with Crippen LogP contribution in [0.15, 0.2) is 41.5 Å². The van der Waals surface area contributed by atoms with Gasteiger partial charge in [0.05, 0.1) is 20.8 Å². The number of aliphatic imine (C=N–C) groups is 1. The number of guanidine groups is 1. The number of methoxy groups -OCH3 is 2. The molecule has 1 heterocycles. The quantitative estimate of drug-likeness (QED) is 0.339. The third-order valence-electron chi connectivity index (χ3n) is 3.98. The Morgan fingerprint density at radius 1 is 1.11 bits per heavy atom. The van der Waals surface area contributed by atoms with Gasteiger partial charge in [0.1, 0.15) is 5.82 Å². The maximum absolute atomic E-state index is 5.98. The van der Waals surface area contributed by atoms with Crippen LogP contribution >= 0.6 is 24.0 Å². The number of hydrogen-bond acceptors (Lipinski definition) is 5. The molecule has 8 heteroatoms. The van der Waals surface area contributed by atoms with Crippen LogP contribution in [-0.4, -0.2) is 38.3 Å². The highest BCUT2D eigenvalue weighted by molar-refractivity contribution is 14.0. The lowest BCUT2D eigenvalue weighted by atomic mass is 10.2. The molecule has 2 aromatic rings. The number of aromatic nitrogens is 1. The second kappa shape index (κ2) is 11.5. The molecule has 0 aliphatic rings. The van der Waals surface area contributed by atoms with Crippen molar-refractivity contribution in [2.75, 3.05) is 37.5 Å². The Kier molecular flexibility index (Phi) is 9.70. The molecule has 148 valence electrons. The van der Waals surface area contributed by atoms with Gasteiger partial charge in [0.25, 0.3) is 0 Å². The minimum atomic E-state index is 0. The van der Waals surface area contributed by atoms with Gasteiger partial charge in [-0.2, -0.15) is 0 Å². The summed E-state index contributed by atoms with van der Waals surface area (Å²) in [4.78, 5) is 11.0. The van der Waals surface area contributed by atoms with Gasteiger partial charge in [0.2, 0.25) is 0 Å². The van der Waals surface area contributed by atoms with Crippen molar-refractivity contribution in [2.45, 2.75) is 20.4 Å². The van der Waals surface area contributed by atoms with Crippen molar-refractivity contribution < 1.29 is 9.47 Å². The molecule has 0 aliphatic heterocycles. The summed E-state index contributed by atoms with van der Waals surface area (Å²) >= 11 is 0. The van der Waals surface area contributed by atoms with E-state index in [1.165, 1.54) is 0 Å². The van der Waals surface area contributed by atoms with Gasteiger partial charge in [-0.1, -0.05) is 6.07 Å². The third-order valence-corrected chi connectivity index (χ3v) is 3.98. The van der Waals surface area contributed by atoms with Gasteiger partial charge >= 0.3 is 0 Å². The summed E-state index contributed by atoms with van der Waals surface area (Å²) in [6.07, 6.45) is 1.83. The van der Waals surface area contributed by atoms with Gasteiger partial charge in [-0.3, -0.25) is 0 Å². The molecule has 0 bridgehead atoms. The van der Waals surface area contributed by atoms with Crippen LogP contribution < -0.4 is 25.4 Å². The average Bonchev–Trinajstić information content (AvgIpc) is 2.68. The number of benzene rings is 1. The standard InChI is InChI=1S/C19H27N5O2.HI/c1-5-24(6-2)18-10-7-14(12-21-18)13-22-19(20)23-15-8-9-16(25-3)17(11-15)26-4;/h7-12H,5-6,13H2,1-4H3,(H3,20,22,23);1H. The molecule has 0 aliphatic carbocycles. The predicted octanol–water partition coefficient (Wildman–Crippen LogP) is 3.49. The molecular weight excluding hydrogens is 457 g/mol. The molecule has 0 saturated carbocycles. The molecule has 0 amide bonds. The number of rotatable bonds is 8. The van der Waals surface area contributed by atoms with Crippen molar-refractivity contribution >= 4 is 41.4 Å². The molecular formula is C19H28IN5O2. The summed E-state index contributed by atoms with van der Waals surface area (Å²) < 4.78 is 10.5. The van der Waals surface area contributed by atoms with Crippen LogP contribution in [-0.2, 0) is 6.54 Å². The zero-order valence-corrected chi connectivity index (χ0v) is 18.6.